The van der Waals surface area contributed by atoms with Gasteiger partial charge in [0.2, 0.25) is 0 Å². The molecule has 1 aromatic carbocycles. The molecule has 2 unspecified atom stereocenters. The van der Waals surface area contributed by atoms with E-state index in [0.717, 1.165) is 31.9 Å². The molecular formula is C17H27NO3. The van der Waals surface area contributed by atoms with Crippen LogP contribution in [0.15, 0.2) is 18.2 Å². The molecule has 21 heavy (non-hydrogen) atoms. The van der Waals surface area contributed by atoms with E-state index >= 15 is 0 Å². The van der Waals surface area contributed by atoms with Crippen LogP contribution in [0.3, 0.4) is 0 Å². The Balaban J connectivity index is 1.82. The highest BCUT2D eigenvalue weighted by molar-refractivity contribution is 5.32. The zero-order valence-electron chi connectivity index (χ0n) is 13.3. The van der Waals surface area contributed by atoms with Crippen molar-refractivity contribution < 1.29 is 14.6 Å². The summed E-state index contributed by atoms with van der Waals surface area (Å²) in [6.07, 6.45) is 0.572. The van der Waals surface area contributed by atoms with E-state index < -0.39 is 6.10 Å². The van der Waals surface area contributed by atoms with Crippen molar-refractivity contribution in [3.63, 3.8) is 0 Å². The minimum Gasteiger partial charge on any atom is -0.491 e. The smallest absolute Gasteiger partial charge is 0.119 e. The average molecular weight is 293 g/mol. The topological polar surface area (TPSA) is 41.9 Å². The fourth-order valence-electron chi connectivity index (χ4n) is 2.84. The number of β-amino-alcohol motifs (C(OH)–C–C–N with tert-alkyl or cyclic N) is 1. The minimum atomic E-state index is -0.474. The number of morpholine rings is 1. The molecule has 4 heteroatoms. The lowest BCUT2D eigenvalue weighted by Gasteiger charge is -2.36. The van der Waals surface area contributed by atoms with E-state index in [2.05, 4.69) is 31.7 Å². The van der Waals surface area contributed by atoms with E-state index in [9.17, 15) is 5.11 Å². The summed E-state index contributed by atoms with van der Waals surface area (Å²) in [6.45, 7) is 9.64. The Morgan fingerprint density at radius 1 is 1.33 bits per heavy atom. The average Bonchev–Trinajstić information content (AvgIpc) is 2.45. The number of ether oxygens (including phenoxy) is 2. The Labute approximate surface area is 127 Å². The van der Waals surface area contributed by atoms with E-state index in [1.165, 1.54) is 11.1 Å². The van der Waals surface area contributed by atoms with Crippen molar-refractivity contribution in [3.05, 3.63) is 29.3 Å². The van der Waals surface area contributed by atoms with Gasteiger partial charge in [0.25, 0.3) is 0 Å². The van der Waals surface area contributed by atoms with Gasteiger partial charge in [0.1, 0.15) is 18.5 Å². The third-order valence-electron chi connectivity index (χ3n) is 3.90. The van der Waals surface area contributed by atoms with Crippen molar-refractivity contribution in [1.29, 1.82) is 0 Å². The van der Waals surface area contributed by atoms with Crippen LogP contribution in [0.1, 0.15) is 24.5 Å². The van der Waals surface area contributed by atoms with Crippen LogP contribution in [-0.4, -0.2) is 55.1 Å². The summed E-state index contributed by atoms with van der Waals surface area (Å²) < 4.78 is 11.2. The molecule has 1 heterocycles. The molecule has 2 atom stereocenters. The molecule has 2 rings (SSSR count). The maximum absolute atomic E-state index is 10.2. The zero-order chi connectivity index (χ0) is 15.2. The van der Waals surface area contributed by atoms with Crippen molar-refractivity contribution in [2.45, 2.75) is 39.3 Å². The Hall–Kier alpha value is -1.10. The molecule has 0 radical (unpaired) electrons. The second-order valence-corrected chi connectivity index (χ2v) is 5.92. The molecule has 1 aliphatic rings. The maximum atomic E-state index is 10.2. The molecular weight excluding hydrogens is 266 g/mol. The molecule has 118 valence electrons. The van der Waals surface area contributed by atoms with Crippen LogP contribution in [0.5, 0.6) is 5.75 Å². The SMILES string of the molecule is CCC1COCCN1CC(O)COc1cc(C)cc(C)c1. The van der Waals surface area contributed by atoms with Crippen LogP contribution in [-0.2, 0) is 4.74 Å². The van der Waals surface area contributed by atoms with Crippen LogP contribution < -0.4 is 4.74 Å². The number of nitrogens with zero attached hydrogens (tertiary/aromatic N) is 1. The van der Waals surface area contributed by atoms with Gasteiger partial charge >= 0.3 is 0 Å². The minimum absolute atomic E-state index is 0.330. The van der Waals surface area contributed by atoms with Gasteiger partial charge in [-0.15, -0.1) is 0 Å². The van der Waals surface area contributed by atoms with Crippen molar-refractivity contribution in [1.82, 2.24) is 4.90 Å². The quantitative estimate of drug-likeness (QED) is 0.873. The molecule has 1 saturated heterocycles. The second-order valence-electron chi connectivity index (χ2n) is 5.92. The van der Waals surface area contributed by atoms with Crippen molar-refractivity contribution in [2.24, 2.45) is 0 Å². The largest absolute Gasteiger partial charge is 0.491 e. The van der Waals surface area contributed by atoms with Crippen LogP contribution in [0.2, 0.25) is 0 Å². The highest BCUT2D eigenvalue weighted by atomic mass is 16.5. The highest BCUT2D eigenvalue weighted by Crippen LogP contribution is 2.17. The van der Waals surface area contributed by atoms with Crippen molar-refractivity contribution >= 4 is 0 Å². The molecule has 0 aromatic heterocycles. The van der Waals surface area contributed by atoms with Gasteiger partial charge in [0.15, 0.2) is 0 Å². The number of aryl methyl sites for hydroxylation is 2. The normalized spacial score (nSPS) is 21.2. The van der Waals surface area contributed by atoms with Gasteiger partial charge in [-0.25, -0.2) is 0 Å². The fourth-order valence-corrected chi connectivity index (χ4v) is 2.84. The number of hydrogen-bond donors (Lipinski definition) is 1. The molecule has 0 bridgehead atoms. The Kier molecular flexibility index (Phi) is 6.03. The van der Waals surface area contributed by atoms with E-state index in [0.29, 0.717) is 19.2 Å². The van der Waals surface area contributed by atoms with Gasteiger partial charge in [-0.05, 0) is 43.5 Å². The van der Waals surface area contributed by atoms with E-state index in [4.69, 9.17) is 9.47 Å². The Morgan fingerprint density at radius 3 is 2.71 bits per heavy atom. The van der Waals surface area contributed by atoms with Gasteiger partial charge in [-0.2, -0.15) is 0 Å². The van der Waals surface area contributed by atoms with Gasteiger partial charge < -0.3 is 14.6 Å². The molecule has 0 amide bonds. The molecule has 1 fully saturated rings. The van der Waals surface area contributed by atoms with E-state index in [1.54, 1.807) is 0 Å². The summed E-state index contributed by atoms with van der Waals surface area (Å²) in [5, 5.41) is 10.2. The molecule has 1 N–H and O–H groups in total. The highest BCUT2D eigenvalue weighted by Gasteiger charge is 2.23. The molecule has 1 aromatic rings. The van der Waals surface area contributed by atoms with E-state index in [1.807, 2.05) is 12.1 Å². The number of aliphatic hydroxyl groups excluding tert-OH is 1. The summed E-state index contributed by atoms with van der Waals surface area (Å²) in [5.74, 6) is 0.834. The lowest BCUT2D eigenvalue weighted by molar-refractivity contribution is -0.0333. The lowest BCUT2D eigenvalue weighted by Crippen LogP contribution is -2.49. The predicted molar refractivity (Wildman–Crippen MR) is 83.9 cm³/mol. The van der Waals surface area contributed by atoms with Crippen LogP contribution in [0.4, 0.5) is 0 Å². The standard InChI is InChI=1S/C17H27NO3/c1-4-15-11-20-6-5-18(15)10-16(19)12-21-17-8-13(2)7-14(3)9-17/h7-9,15-16,19H,4-6,10-12H2,1-3H3. The van der Waals surface area contributed by atoms with Crippen LogP contribution in [0, 0.1) is 13.8 Å². The van der Waals surface area contributed by atoms with Crippen LogP contribution in [0.25, 0.3) is 0 Å². The van der Waals surface area contributed by atoms with Gasteiger partial charge in [0.05, 0.1) is 13.2 Å². The second kappa shape index (κ2) is 7.78. The predicted octanol–water partition coefficient (Wildman–Crippen LogP) is 2.15. The first-order chi connectivity index (χ1) is 10.1. The van der Waals surface area contributed by atoms with Gasteiger partial charge in [-0.3, -0.25) is 4.90 Å². The molecule has 4 nitrogen and oxygen atoms in total. The summed E-state index contributed by atoms with van der Waals surface area (Å²) in [6, 6.07) is 6.53. The van der Waals surface area contributed by atoms with Gasteiger partial charge in [0, 0.05) is 19.1 Å². The maximum Gasteiger partial charge on any atom is 0.119 e. The van der Waals surface area contributed by atoms with E-state index in [-0.39, 0.29) is 0 Å². The summed E-state index contributed by atoms with van der Waals surface area (Å²) in [5.41, 5.74) is 2.36. The monoisotopic (exact) mass is 293 g/mol. The number of hydrogen-bond acceptors (Lipinski definition) is 4. The number of aliphatic hydroxyl groups is 1. The van der Waals surface area contributed by atoms with Crippen LogP contribution >= 0.6 is 0 Å². The van der Waals surface area contributed by atoms with Crippen molar-refractivity contribution in [2.75, 3.05) is 32.9 Å². The first-order valence-corrected chi connectivity index (χ1v) is 7.79. The third kappa shape index (κ3) is 4.99. The summed E-state index contributed by atoms with van der Waals surface area (Å²) in [4.78, 5) is 2.30. The summed E-state index contributed by atoms with van der Waals surface area (Å²) in [7, 11) is 0. The Morgan fingerprint density at radius 2 is 2.05 bits per heavy atom. The molecule has 0 aliphatic carbocycles. The number of benzene rings is 1. The first-order valence-electron chi connectivity index (χ1n) is 7.79. The molecule has 0 saturated carbocycles. The molecule has 1 aliphatic heterocycles. The zero-order valence-corrected chi connectivity index (χ0v) is 13.3. The molecule has 0 spiro atoms. The third-order valence-corrected chi connectivity index (χ3v) is 3.90. The van der Waals surface area contributed by atoms with Crippen molar-refractivity contribution in [3.8, 4) is 5.75 Å². The van der Waals surface area contributed by atoms with Gasteiger partial charge in [-0.1, -0.05) is 13.0 Å². The number of rotatable bonds is 6. The lowest BCUT2D eigenvalue weighted by atomic mass is 10.1. The Bertz CT molecular complexity index is 429. The summed E-state index contributed by atoms with van der Waals surface area (Å²) >= 11 is 0. The first kappa shape index (κ1) is 16.3. The fraction of sp³-hybridized carbons (Fsp3) is 0.647.